The van der Waals surface area contributed by atoms with Crippen LogP contribution in [-0.4, -0.2) is 23.4 Å². The Labute approximate surface area is 120 Å². The van der Waals surface area contributed by atoms with E-state index < -0.39 is 0 Å². The third-order valence-corrected chi connectivity index (χ3v) is 4.50. The molecule has 1 aromatic carbocycles. The SMILES string of the molecule is CC1CC(C)C(C)N(C(=O)c2cccc(CCl)c2)C1. The van der Waals surface area contributed by atoms with E-state index in [0.29, 0.717) is 23.8 Å². The van der Waals surface area contributed by atoms with Gasteiger partial charge in [-0.25, -0.2) is 0 Å². The van der Waals surface area contributed by atoms with Gasteiger partial charge < -0.3 is 4.90 Å². The second kappa shape index (κ2) is 5.96. The quantitative estimate of drug-likeness (QED) is 0.751. The molecule has 2 rings (SSSR count). The summed E-state index contributed by atoms with van der Waals surface area (Å²) in [6, 6.07) is 7.96. The Morgan fingerprint density at radius 1 is 1.37 bits per heavy atom. The van der Waals surface area contributed by atoms with E-state index in [2.05, 4.69) is 20.8 Å². The van der Waals surface area contributed by atoms with Crippen LogP contribution in [-0.2, 0) is 5.88 Å². The summed E-state index contributed by atoms with van der Waals surface area (Å²) >= 11 is 5.84. The molecule has 3 heteroatoms. The van der Waals surface area contributed by atoms with Crippen molar-refractivity contribution in [1.29, 1.82) is 0 Å². The number of rotatable bonds is 2. The zero-order valence-electron chi connectivity index (χ0n) is 11.9. The number of hydrogen-bond donors (Lipinski definition) is 0. The molecular formula is C16H22ClNO. The number of carbonyl (C=O) groups is 1. The second-order valence-corrected chi connectivity index (χ2v) is 6.12. The van der Waals surface area contributed by atoms with E-state index in [1.165, 1.54) is 6.42 Å². The Balaban J connectivity index is 2.22. The highest BCUT2D eigenvalue weighted by molar-refractivity contribution is 6.17. The van der Waals surface area contributed by atoms with E-state index >= 15 is 0 Å². The number of hydrogen-bond acceptors (Lipinski definition) is 1. The van der Waals surface area contributed by atoms with Crippen molar-refractivity contribution in [3.05, 3.63) is 35.4 Å². The van der Waals surface area contributed by atoms with Gasteiger partial charge in [0.05, 0.1) is 0 Å². The molecule has 19 heavy (non-hydrogen) atoms. The average Bonchev–Trinajstić information content (AvgIpc) is 2.42. The van der Waals surface area contributed by atoms with Gasteiger partial charge in [-0.2, -0.15) is 0 Å². The maximum atomic E-state index is 12.7. The molecule has 1 saturated heterocycles. The highest BCUT2D eigenvalue weighted by Gasteiger charge is 2.32. The monoisotopic (exact) mass is 279 g/mol. The lowest BCUT2D eigenvalue weighted by atomic mass is 9.85. The van der Waals surface area contributed by atoms with Crippen molar-refractivity contribution in [2.45, 2.75) is 39.1 Å². The van der Waals surface area contributed by atoms with Crippen LogP contribution in [0.1, 0.15) is 43.1 Å². The number of benzene rings is 1. The number of carbonyl (C=O) groups excluding carboxylic acids is 1. The fourth-order valence-electron chi connectivity index (χ4n) is 2.94. The molecule has 1 heterocycles. The molecule has 1 fully saturated rings. The lowest BCUT2D eigenvalue weighted by Gasteiger charge is -2.41. The number of likely N-dealkylation sites (tertiary alicyclic amines) is 1. The van der Waals surface area contributed by atoms with Crippen molar-refractivity contribution in [2.24, 2.45) is 11.8 Å². The summed E-state index contributed by atoms with van der Waals surface area (Å²) in [4.78, 5) is 14.7. The van der Waals surface area contributed by atoms with Crippen LogP contribution in [0.5, 0.6) is 0 Å². The standard InChI is InChI=1S/C16H22ClNO/c1-11-7-12(2)13(3)18(10-11)16(19)15-6-4-5-14(8-15)9-17/h4-6,8,11-13H,7,9-10H2,1-3H3. The first-order valence-electron chi connectivity index (χ1n) is 6.98. The van der Waals surface area contributed by atoms with Crippen molar-refractivity contribution in [3.8, 4) is 0 Å². The maximum Gasteiger partial charge on any atom is 0.254 e. The normalized spacial score (nSPS) is 27.4. The molecule has 0 spiro atoms. The van der Waals surface area contributed by atoms with E-state index in [4.69, 9.17) is 11.6 Å². The van der Waals surface area contributed by atoms with Gasteiger partial charge in [-0.15, -0.1) is 11.6 Å². The number of piperidine rings is 1. The highest BCUT2D eigenvalue weighted by atomic mass is 35.5. The largest absolute Gasteiger partial charge is 0.335 e. The minimum absolute atomic E-state index is 0.137. The van der Waals surface area contributed by atoms with Gasteiger partial charge in [-0.1, -0.05) is 26.0 Å². The first-order chi connectivity index (χ1) is 9.02. The van der Waals surface area contributed by atoms with E-state index in [-0.39, 0.29) is 5.91 Å². The summed E-state index contributed by atoms with van der Waals surface area (Å²) in [5.41, 5.74) is 1.75. The van der Waals surface area contributed by atoms with E-state index in [9.17, 15) is 4.79 Å². The van der Waals surface area contributed by atoms with E-state index in [0.717, 1.165) is 17.7 Å². The summed E-state index contributed by atoms with van der Waals surface area (Å²) in [5, 5.41) is 0. The zero-order valence-corrected chi connectivity index (χ0v) is 12.7. The Hall–Kier alpha value is -1.02. The molecule has 0 N–H and O–H groups in total. The molecule has 1 aliphatic rings. The fraction of sp³-hybridized carbons (Fsp3) is 0.562. The van der Waals surface area contributed by atoms with Crippen LogP contribution in [0.25, 0.3) is 0 Å². The minimum Gasteiger partial charge on any atom is -0.335 e. The lowest BCUT2D eigenvalue weighted by Crippen LogP contribution is -2.48. The van der Waals surface area contributed by atoms with Crippen LogP contribution >= 0.6 is 11.6 Å². The number of alkyl halides is 1. The summed E-state index contributed by atoms with van der Waals surface area (Å²) < 4.78 is 0. The number of amides is 1. The number of halogens is 1. The Bertz CT molecular complexity index is 460. The van der Waals surface area contributed by atoms with Gasteiger partial charge in [0.25, 0.3) is 5.91 Å². The predicted octanol–water partition coefficient (Wildman–Crippen LogP) is 3.93. The molecule has 0 aromatic heterocycles. The third-order valence-electron chi connectivity index (χ3n) is 4.19. The molecule has 3 atom stereocenters. The molecule has 0 radical (unpaired) electrons. The average molecular weight is 280 g/mol. The van der Waals surface area contributed by atoms with Crippen molar-refractivity contribution < 1.29 is 4.79 Å². The Morgan fingerprint density at radius 2 is 2.11 bits per heavy atom. The van der Waals surface area contributed by atoms with Crippen molar-refractivity contribution >= 4 is 17.5 Å². The zero-order chi connectivity index (χ0) is 14.0. The van der Waals surface area contributed by atoms with Crippen molar-refractivity contribution in [3.63, 3.8) is 0 Å². The fourth-order valence-corrected chi connectivity index (χ4v) is 3.10. The van der Waals surface area contributed by atoms with Gasteiger partial charge in [0.15, 0.2) is 0 Å². The van der Waals surface area contributed by atoms with E-state index in [1.54, 1.807) is 0 Å². The van der Waals surface area contributed by atoms with Gasteiger partial charge in [0.1, 0.15) is 0 Å². The van der Waals surface area contributed by atoms with Crippen LogP contribution < -0.4 is 0 Å². The summed E-state index contributed by atoms with van der Waals surface area (Å²) in [7, 11) is 0. The van der Waals surface area contributed by atoms with Gasteiger partial charge in [-0.05, 0) is 42.9 Å². The first-order valence-corrected chi connectivity index (χ1v) is 7.52. The first kappa shape index (κ1) is 14.4. The van der Waals surface area contributed by atoms with Crippen LogP contribution in [0.3, 0.4) is 0 Å². The van der Waals surface area contributed by atoms with Crippen LogP contribution in [0, 0.1) is 11.8 Å². The summed E-state index contributed by atoms with van der Waals surface area (Å²) in [6.45, 7) is 7.46. The topological polar surface area (TPSA) is 20.3 Å². The summed E-state index contributed by atoms with van der Waals surface area (Å²) in [5.74, 6) is 1.72. The van der Waals surface area contributed by atoms with Gasteiger partial charge in [-0.3, -0.25) is 4.79 Å². The second-order valence-electron chi connectivity index (χ2n) is 5.85. The molecule has 0 saturated carbocycles. The highest BCUT2D eigenvalue weighted by Crippen LogP contribution is 2.28. The molecule has 3 unspecified atom stereocenters. The Kier molecular flexibility index (Phi) is 4.51. The molecule has 1 aliphatic heterocycles. The molecule has 2 nitrogen and oxygen atoms in total. The third kappa shape index (κ3) is 3.11. The molecule has 1 amide bonds. The van der Waals surface area contributed by atoms with Crippen molar-refractivity contribution in [1.82, 2.24) is 4.90 Å². The van der Waals surface area contributed by atoms with Crippen LogP contribution in [0.2, 0.25) is 0 Å². The molecule has 0 bridgehead atoms. The lowest BCUT2D eigenvalue weighted by molar-refractivity contribution is 0.0455. The van der Waals surface area contributed by atoms with Gasteiger partial charge in [0.2, 0.25) is 0 Å². The number of nitrogens with zero attached hydrogens (tertiary/aromatic N) is 1. The van der Waals surface area contributed by atoms with Crippen molar-refractivity contribution in [2.75, 3.05) is 6.54 Å². The van der Waals surface area contributed by atoms with Crippen LogP contribution in [0.4, 0.5) is 0 Å². The van der Waals surface area contributed by atoms with Gasteiger partial charge in [0, 0.05) is 24.0 Å². The minimum atomic E-state index is 0.137. The smallest absolute Gasteiger partial charge is 0.254 e. The molecule has 104 valence electrons. The predicted molar refractivity (Wildman–Crippen MR) is 79.4 cm³/mol. The van der Waals surface area contributed by atoms with E-state index in [1.807, 2.05) is 29.2 Å². The summed E-state index contributed by atoms with van der Waals surface area (Å²) in [6.07, 6.45) is 1.20. The molecule has 1 aromatic rings. The maximum absolute atomic E-state index is 12.7. The van der Waals surface area contributed by atoms with Crippen LogP contribution in [0.15, 0.2) is 24.3 Å². The Morgan fingerprint density at radius 3 is 2.79 bits per heavy atom. The van der Waals surface area contributed by atoms with Gasteiger partial charge >= 0.3 is 0 Å². The molecule has 0 aliphatic carbocycles. The molecular weight excluding hydrogens is 258 g/mol.